The highest BCUT2D eigenvalue weighted by Gasteiger charge is 2.15. The van der Waals surface area contributed by atoms with Crippen LogP contribution in [0.1, 0.15) is 20.7 Å². The van der Waals surface area contributed by atoms with Crippen LogP contribution in [0, 0.1) is 0 Å². The van der Waals surface area contributed by atoms with Gasteiger partial charge in [-0.05, 0) is 42.5 Å². The average molecular weight is 377 g/mol. The number of carbonyl (C=O) groups excluding carboxylic acids is 3. The number of rotatable bonds is 5. The maximum absolute atomic E-state index is 11.9. The second kappa shape index (κ2) is 8.35. The van der Waals surface area contributed by atoms with Gasteiger partial charge >= 0.3 is 5.97 Å². The van der Waals surface area contributed by atoms with Crippen LogP contribution in [0.2, 0.25) is 5.02 Å². The Morgan fingerprint density at radius 2 is 1.77 bits per heavy atom. The number of esters is 1. The zero-order chi connectivity index (χ0) is 19.3. The van der Waals surface area contributed by atoms with Crippen LogP contribution in [-0.2, 0) is 9.53 Å². The number of amides is 2. The van der Waals surface area contributed by atoms with Crippen molar-refractivity contribution in [3.8, 4) is 5.75 Å². The van der Waals surface area contributed by atoms with Gasteiger partial charge in [0.15, 0.2) is 6.61 Å². The normalized spacial score (nSPS) is 10.1. The van der Waals surface area contributed by atoms with Crippen molar-refractivity contribution in [1.29, 1.82) is 0 Å². The van der Waals surface area contributed by atoms with Gasteiger partial charge < -0.3 is 20.1 Å². The molecule has 2 rings (SSSR count). The van der Waals surface area contributed by atoms with Gasteiger partial charge in [0.2, 0.25) is 0 Å². The van der Waals surface area contributed by atoms with E-state index in [1.54, 1.807) is 38.4 Å². The molecule has 0 aromatic heterocycles. The summed E-state index contributed by atoms with van der Waals surface area (Å²) in [6, 6.07) is 10.2. The third-order valence-corrected chi connectivity index (χ3v) is 3.57. The zero-order valence-electron chi connectivity index (χ0n) is 14.2. The number of nitrogens with zero attached hydrogens (tertiary/aromatic N) is 1. The van der Waals surface area contributed by atoms with Crippen molar-refractivity contribution in [3.05, 3.63) is 58.6 Å². The number of halogens is 1. The molecule has 0 saturated carbocycles. The standard InChI is InChI=1S/C18H17ClN2O5/c1-21(2)17(24)11-3-6-13(7-4-11)20-16(23)10-26-18(25)14-8-5-12(19)9-15(14)22/h3-9,22H,10H2,1-2H3,(H,20,23). The van der Waals surface area contributed by atoms with Crippen molar-refractivity contribution in [2.75, 3.05) is 26.0 Å². The van der Waals surface area contributed by atoms with E-state index in [0.717, 1.165) is 0 Å². The molecular weight excluding hydrogens is 360 g/mol. The van der Waals surface area contributed by atoms with Crippen LogP contribution >= 0.6 is 11.6 Å². The predicted octanol–water partition coefficient (Wildman–Crippen LogP) is 2.54. The summed E-state index contributed by atoms with van der Waals surface area (Å²) in [7, 11) is 3.29. The van der Waals surface area contributed by atoms with E-state index in [1.807, 2.05) is 0 Å². The summed E-state index contributed by atoms with van der Waals surface area (Å²) >= 11 is 5.69. The fourth-order valence-electron chi connectivity index (χ4n) is 2.04. The molecule has 7 nitrogen and oxygen atoms in total. The number of hydrogen-bond donors (Lipinski definition) is 2. The third kappa shape index (κ3) is 4.97. The molecule has 0 saturated heterocycles. The Hall–Kier alpha value is -3.06. The molecule has 2 aromatic rings. The molecule has 0 aliphatic heterocycles. The Morgan fingerprint density at radius 3 is 2.35 bits per heavy atom. The number of phenols is 1. The van der Waals surface area contributed by atoms with Gasteiger partial charge in [-0.2, -0.15) is 0 Å². The molecule has 2 aromatic carbocycles. The lowest BCUT2D eigenvalue weighted by Gasteiger charge is -2.11. The first kappa shape index (κ1) is 19.3. The van der Waals surface area contributed by atoms with Crippen LogP contribution in [0.3, 0.4) is 0 Å². The van der Waals surface area contributed by atoms with Crippen LogP contribution in [0.5, 0.6) is 5.75 Å². The second-order valence-corrected chi connectivity index (χ2v) is 6.00. The van der Waals surface area contributed by atoms with E-state index in [2.05, 4.69) is 5.32 Å². The van der Waals surface area contributed by atoms with Gasteiger partial charge in [-0.15, -0.1) is 0 Å². The van der Waals surface area contributed by atoms with Gasteiger partial charge in [0.25, 0.3) is 11.8 Å². The molecule has 0 aliphatic carbocycles. The predicted molar refractivity (Wildman–Crippen MR) is 96.5 cm³/mol. The summed E-state index contributed by atoms with van der Waals surface area (Å²) in [5.74, 6) is -1.89. The summed E-state index contributed by atoms with van der Waals surface area (Å²) in [6.45, 7) is -0.528. The summed E-state index contributed by atoms with van der Waals surface area (Å²) in [4.78, 5) is 37.0. The van der Waals surface area contributed by atoms with E-state index in [1.165, 1.54) is 23.1 Å². The fraction of sp³-hybridized carbons (Fsp3) is 0.167. The van der Waals surface area contributed by atoms with Crippen molar-refractivity contribution in [1.82, 2.24) is 4.90 Å². The van der Waals surface area contributed by atoms with E-state index in [0.29, 0.717) is 11.3 Å². The highest BCUT2D eigenvalue weighted by Crippen LogP contribution is 2.22. The molecule has 2 N–H and O–H groups in total. The van der Waals surface area contributed by atoms with Crippen LogP contribution in [0.4, 0.5) is 5.69 Å². The summed E-state index contributed by atoms with van der Waals surface area (Å²) in [5.41, 5.74) is 0.849. The Balaban J connectivity index is 1.90. The number of anilines is 1. The van der Waals surface area contributed by atoms with Crippen LogP contribution in [-0.4, -0.2) is 48.5 Å². The largest absolute Gasteiger partial charge is 0.507 e. The van der Waals surface area contributed by atoms with E-state index < -0.39 is 18.5 Å². The van der Waals surface area contributed by atoms with Crippen LogP contribution in [0.25, 0.3) is 0 Å². The highest BCUT2D eigenvalue weighted by molar-refractivity contribution is 6.30. The lowest BCUT2D eigenvalue weighted by atomic mass is 10.2. The summed E-state index contributed by atoms with van der Waals surface area (Å²) in [6.07, 6.45) is 0. The minimum absolute atomic E-state index is 0.0891. The zero-order valence-corrected chi connectivity index (χ0v) is 14.9. The van der Waals surface area contributed by atoms with Crippen LogP contribution < -0.4 is 5.32 Å². The first-order chi connectivity index (χ1) is 12.3. The first-order valence-electron chi connectivity index (χ1n) is 7.55. The smallest absolute Gasteiger partial charge is 0.342 e. The van der Waals surface area contributed by atoms with Crippen molar-refractivity contribution in [2.45, 2.75) is 0 Å². The number of aromatic hydroxyl groups is 1. The third-order valence-electron chi connectivity index (χ3n) is 3.34. The maximum Gasteiger partial charge on any atom is 0.342 e. The van der Waals surface area contributed by atoms with Crippen molar-refractivity contribution in [2.24, 2.45) is 0 Å². The van der Waals surface area contributed by atoms with Crippen molar-refractivity contribution < 1.29 is 24.2 Å². The highest BCUT2D eigenvalue weighted by atomic mass is 35.5. The van der Waals surface area contributed by atoms with Gasteiger partial charge in [0, 0.05) is 30.4 Å². The SMILES string of the molecule is CN(C)C(=O)c1ccc(NC(=O)COC(=O)c2ccc(Cl)cc2O)cc1. The molecule has 136 valence electrons. The minimum atomic E-state index is -0.846. The molecule has 2 amide bonds. The quantitative estimate of drug-likeness (QED) is 0.782. The molecular formula is C18H17ClN2O5. The number of carbonyl (C=O) groups is 3. The second-order valence-electron chi connectivity index (χ2n) is 5.56. The summed E-state index contributed by atoms with van der Waals surface area (Å²) < 4.78 is 4.86. The molecule has 0 radical (unpaired) electrons. The topological polar surface area (TPSA) is 95.9 Å². The molecule has 26 heavy (non-hydrogen) atoms. The maximum atomic E-state index is 11.9. The number of hydrogen-bond acceptors (Lipinski definition) is 5. The number of ether oxygens (including phenoxy) is 1. The molecule has 0 spiro atoms. The first-order valence-corrected chi connectivity index (χ1v) is 7.93. The van der Waals surface area contributed by atoms with Crippen molar-refractivity contribution in [3.63, 3.8) is 0 Å². The molecule has 0 bridgehead atoms. The Bertz CT molecular complexity index is 834. The van der Waals surface area contributed by atoms with Gasteiger partial charge in [0.1, 0.15) is 11.3 Å². The molecule has 8 heteroatoms. The lowest BCUT2D eigenvalue weighted by Crippen LogP contribution is -2.22. The van der Waals surface area contributed by atoms with Crippen molar-refractivity contribution >= 4 is 35.1 Å². The molecule has 0 unspecified atom stereocenters. The van der Waals surface area contributed by atoms with Gasteiger partial charge in [-0.1, -0.05) is 11.6 Å². The van der Waals surface area contributed by atoms with Gasteiger partial charge in [0.05, 0.1) is 0 Å². The Morgan fingerprint density at radius 1 is 1.12 bits per heavy atom. The lowest BCUT2D eigenvalue weighted by molar-refractivity contribution is -0.119. The fourth-order valence-corrected chi connectivity index (χ4v) is 2.20. The van der Waals surface area contributed by atoms with Gasteiger partial charge in [-0.25, -0.2) is 4.79 Å². The molecule has 0 atom stereocenters. The Labute approximate surface area is 155 Å². The minimum Gasteiger partial charge on any atom is -0.507 e. The van der Waals surface area contributed by atoms with E-state index >= 15 is 0 Å². The molecule has 0 fully saturated rings. The molecule has 0 aliphatic rings. The number of nitrogens with one attached hydrogen (secondary N) is 1. The Kier molecular flexibility index (Phi) is 6.19. The number of benzene rings is 2. The van der Waals surface area contributed by atoms with E-state index in [-0.39, 0.29) is 22.2 Å². The average Bonchev–Trinajstić information content (AvgIpc) is 2.59. The van der Waals surface area contributed by atoms with E-state index in [4.69, 9.17) is 16.3 Å². The monoisotopic (exact) mass is 376 g/mol. The number of phenolic OH excluding ortho intramolecular Hbond substituents is 1. The molecule has 0 heterocycles. The van der Waals surface area contributed by atoms with Gasteiger partial charge in [-0.3, -0.25) is 9.59 Å². The summed E-state index contributed by atoms with van der Waals surface area (Å²) in [5, 5.41) is 12.5. The van der Waals surface area contributed by atoms with E-state index in [9.17, 15) is 19.5 Å². The van der Waals surface area contributed by atoms with Crippen LogP contribution in [0.15, 0.2) is 42.5 Å².